The van der Waals surface area contributed by atoms with Gasteiger partial charge in [0.05, 0.1) is 29.3 Å². The number of fused-ring (bicyclic) bond motifs is 1. The molecule has 2 fully saturated rings. The Hall–Kier alpha value is -1.23. The molecule has 1 aromatic carbocycles. The molecule has 0 radical (unpaired) electrons. The Bertz CT molecular complexity index is 610. The molecule has 21 heavy (non-hydrogen) atoms. The van der Waals surface area contributed by atoms with Crippen LogP contribution in [0.25, 0.3) is 10.4 Å². The third-order valence-corrected chi connectivity index (χ3v) is 5.66. The van der Waals surface area contributed by atoms with Crippen molar-refractivity contribution in [2.75, 3.05) is 26.3 Å². The first-order valence-corrected chi connectivity index (χ1v) is 8.47. The van der Waals surface area contributed by atoms with Crippen molar-refractivity contribution in [3.05, 3.63) is 41.0 Å². The highest BCUT2D eigenvalue weighted by atomic mass is 32.1. The molecule has 3 heterocycles. The van der Waals surface area contributed by atoms with E-state index in [9.17, 15) is 0 Å². The highest BCUT2D eigenvalue weighted by Gasteiger charge is 2.36. The van der Waals surface area contributed by atoms with Gasteiger partial charge in [0.2, 0.25) is 0 Å². The summed E-state index contributed by atoms with van der Waals surface area (Å²) < 4.78 is 5.55. The second-order valence-corrected chi connectivity index (χ2v) is 7.07. The Labute approximate surface area is 129 Å². The molecule has 4 rings (SSSR count). The molecule has 0 unspecified atom stereocenters. The van der Waals surface area contributed by atoms with Crippen LogP contribution in [-0.2, 0) is 11.3 Å². The van der Waals surface area contributed by atoms with E-state index in [1.807, 2.05) is 5.51 Å². The van der Waals surface area contributed by atoms with E-state index in [0.29, 0.717) is 0 Å². The van der Waals surface area contributed by atoms with E-state index in [-0.39, 0.29) is 0 Å². The van der Waals surface area contributed by atoms with E-state index in [2.05, 4.69) is 41.1 Å². The van der Waals surface area contributed by atoms with Crippen molar-refractivity contribution in [1.29, 1.82) is 0 Å². The molecule has 2 aliphatic heterocycles. The lowest BCUT2D eigenvalue weighted by molar-refractivity contribution is 0.153. The van der Waals surface area contributed by atoms with Gasteiger partial charge in [-0.15, -0.1) is 11.3 Å². The molecule has 0 N–H and O–H groups in total. The Morgan fingerprint density at radius 2 is 1.90 bits per heavy atom. The van der Waals surface area contributed by atoms with Gasteiger partial charge in [0.25, 0.3) is 0 Å². The molecule has 4 heteroatoms. The van der Waals surface area contributed by atoms with Crippen LogP contribution in [-0.4, -0.2) is 36.2 Å². The van der Waals surface area contributed by atoms with Gasteiger partial charge >= 0.3 is 0 Å². The summed E-state index contributed by atoms with van der Waals surface area (Å²) in [5.41, 5.74) is 5.73. The Morgan fingerprint density at radius 1 is 1.19 bits per heavy atom. The quantitative estimate of drug-likeness (QED) is 0.870. The minimum Gasteiger partial charge on any atom is -0.381 e. The van der Waals surface area contributed by atoms with Crippen molar-refractivity contribution >= 4 is 11.3 Å². The second-order valence-electron chi connectivity index (χ2n) is 6.22. The fraction of sp³-hybridized carbons (Fsp3) is 0.471. The first-order chi connectivity index (χ1) is 10.3. The van der Waals surface area contributed by atoms with Gasteiger partial charge in [-0.3, -0.25) is 4.90 Å². The fourth-order valence-electron chi connectivity index (χ4n) is 3.51. The number of nitrogens with zero attached hydrogens (tertiary/aromatic N) is 2. The Balaban J connectivity index is 1.44. The predicted molar refractivity (Wildman–Crippen MR) is 85.4 cm³/mol. The van der Waals surface area contributed by atoms with Gasteiger partial charge in [0.1, 0.15) is 0 Å². The molecule has 2 aromatic rings. The third kappa shape index (κ3) is 2.63. The van der Waals surface area contributed by atoms with Gasteiger partial charge in [-0.1, -0.05) is 24.3 Å². The summed E-state index contributed by atoms with van der Waals surface area (Å²) in [4.78, 5) is 8.19. The minimum atomic E-state index is 0.768. The van der Waals surface area contributed by atoms with Crippen LogP contribution in [0.5, 0.6) is 0 Å². The maximum absolute atomic E-state index is 5.55. The number of hydrogen-bond acceptors (Lipinski definition) is 4. The van der Waals surface area contributed by atoms with E-state index in [4.69, 9.17) is 4.74 Å². The van der Waals surface area contributed by atoms with Crippen molar-refractivity contribution in [2.45, 2.75) is 13.5 Å². The molecule has 2 saturated heterocycles. The predicted octanol–water partition coefficient (Wildman–Crippen LogP) is 3.20. The van der Waals surface area contributed by atoms with Crippen LogP contribution in [0.15, 0.2) is 29.8 Å². The smallest absolute Gasteiger partial charge is 0.0801 e. The minimum absolute atomic E-state index is 0.768. The van der Waals surface area contributed by atoms with Crippen molar-refractivity contribution in [2.24, 2.45) is 11.8 Å². The van der Waals surface area contributed by atoms with Crippen LogP contribution in [0.2, 0.25) is 0 Å². The van der Waals surface area contributed by atoms with Crippen LogP contribution in [0.4, 0.5) is 0 Å². The third-order valence-electron chi connectivity index (χ3n) is 4.68. The van der Waals surface area contributed by atoms with Crippen molar-refractivity contribution in [3.8, 4) is 10.4 Å². The zero-order chi connectivity index (χ0) is 14.2. The van der Waals surface area contributed by atoms with Gasteiger partial charge in [-0.2, -0.15) is 0 Å². The molecule has 2 aliphatic rings. The normalized spacial score (nSPS) is 25.4. The van der Waals surface area contributed by atoms with Crippen molar-refractivity contribution in [3.63, 3.8) is 0 Å². The number of thiazole rings is 1. The van der Waals surface area contributed by atoms with Crippen molar-refractivity contribution in [1.82, 2.24) is 9.88 Å². The summed E-state index contributed by atoms with van der Waals surface area (Å²) in [6, 6.07) is 8.99. The lowest BCUT2D eigenvalue weighted by atomic mass is 10.0. The molecule has 3 nitrogen and oxygen atoms in total. The van der Waals surface area contributed by atoms with E-state index in [1.165, 1.54) is 29.1 Å². The first kappa shape index (κ1) is 13.4. The highest BCUT2D eigenvalue weighted by Crippen LogP contribution is 2.31. The first-order valence-electron chi connectivity index (χ1n) is 7.59. The molecule has 2 atom stereocenters. The lowest BCUT2D eigenvalue weighted by Gasteiger charge is -2.17. The highest BCUT2D eigenvalue weighted by molar-refractivity contribution is 7.13. The van der Waals surface area contributed by atoms with Gasteiger partial charge in [0.15, 0.2) is 0 Å². The average molecular weight is 300 g/mol. The molecular formula is C17H20N2OS. The molecule has 1 aromatic heterocycles. The van der Waals surface area contributed by atoms with Gasteiger partial charge in [0, 0.05) is 31.5 Å². The number of benzene rings is 1. The summed E-state index contributed by atoms with van der Waals surface area (Å²) in [6.45, 7) is 7.45. The molecule has 0 amide bonds. The van der Waals surface area contributed by atoms with E-state index in [1.54, 1.807) is 11.3 Å². The molecule has 110 valence electrons. The van der Waals surface area contributed by atoms with E-state index in [0.717, 1.165) is 37.3 Å². The zero-order valence-corrected chi connectivity index (χ0v) is 13.1. The number of hydrogen-bond donors (Lipinski definition) is 0. The molecular weight excluding hydrogens is 280 g/mol. The van der Waals surface area contributed by atoms with E-state index >= 15 is 0 Å². The van der Waals surface area contributed by atoms with Crippen LogP contribution >= 0.6 is 11.3 Å². The van der Waals surface area contributed by atoms with Gasteiger partial charge in [-0.05, 0) is 18.1 Å². The molecule has 0 bridgehead atoms. The molecule has 0 spiro atoms. The summed E-state index contributed by atoms with van der Waals surface area (Å²) >= 11 is 1.72. The van der Waals surface area contributed by atoms with Gasteiger partial charge in [-0.25, -0.2) is 4.98 Å². The maximum Gasteiger partial charge on any atom is 0.0801 e. The van der Waals surface area contributed by atoms with E-state index < -0.39 is 0 Å². The molecule has 0 saturated carbocycles. The van der Waals surface area contributed by atoms with Crippen LogP contribution in [0.1, 0.15) is 11.3 Å². The molecule has 0 aliphatic carbocycles. The SMILES string of the molecule is Cc1ncsc1-c1ccc(CN2C[C@H]3COC[C@H]3C2)cc1. The Morgan fingerprint density at radius 3 is 2.52 bits per heavy atom. The lowest BCUT2D eigenvalue weighted by Crippen LogP contribution is -2.22. The largest absolute Gasteiger partial charge is 0.381 e. The van der Waals surface area contributed by atoms with Crippen LogP contribution < -0.4 is 0 Å². The number of likely N-dealkylation sites (tertiary alicyclic amines) is 1. The number of aryl methyl sites for hydroxylation is 1. The van der Waals surface area contributed by atoms with Crippen LogP contribution in [0, 0.1) is 18.8 Å². The van der Waals surface area contributed by atoms with Crippen LogP contribution in [0.3, 0.4) is 0 Å². The summed E-state index contributed by atoms with van der Waals surface area (Å²) in [5.74, 6) is 1.54. The van der Waals surface area contributed by atoms with Gasteiger partial charge < -0.3 is 4.74 Å². The average Bonchev–Trinajstić information content (AvgIpc) is 3.16. The standard InChI is InChI=1S/C17H20N2OS/c1-12-17(21-11-18-12)14-4-2-13(3-5-14)6-19-7-15-9-20-10-16(15)8-19/h2-5,11,15-16H,6-10H2,1H3/t15-,16+. The fourth-order valence-corrected chi connectivity index (χ4v) is 4.32. The number of ether oxygens (including phenoxy) is 1. The maximum atomic E-state index is 5.55. The Kier molecular flexibility index (Phi) is 3.53. The zero-order valence-electron chi connectivity index (χ0n) is 12.3. The number of aromatic nitrogens is 1. The second kappa shape index (κ2) is 5.52. The topological polar surface area (TPSA) is 25.4 Å². The summed E-state index contributed by atoms with van der Waals surface area (Å²) in [6.07, 6.45) is 0. The number of rotatable bonds is 3. The summed E-state index contributed by atoms with van der Waals surface area (Å²) in [5, 5.41) is 0. The monoisotopic (exact) mass is 300 g/mol. The summed E-state index contributed by atoms with van der Waals surface area (Å²) in [7, 11) is 0. The van der Waals surface area contributed by atoms with Crippen molar-refractivity contribution < 1.29 is 4.74 Å².